The first-order valence-corrected chi connectivity index (χ1v) is 7.08. The lowest BCUT2D eigenvalue weighted by molar-refractivity contribution is 0.471. The first-order chi connectivity index (χ1) is 8.81. The van der Waals surface area contributed by atoms with Crippen molar-refractivity contribution in [3.63, 3.8) is 0 Å². The Balaban J connectivity index is 1.53. The molecule has 0 saturated heterocycles. The fourth-order valence-electron chi connectivity index (χ4n) is 3.14. The van der Waals surface area contributed by atoms with Crippen LogP contribution in [0, 0.1) is 11.8 Å². The molecule has 0 amide bonds. The van der Waals surface area contributed by atoms with Crippen molar-refractivity contribution in [3.05, 3.63) is 36.0 Å². The molecule has 2 unspecified atom stereocenters. The average molecular weight is 242 g/mol. The fraction of sp³-hybridized carbons (Fsp3) is 0.500. The van der Waals surface area contributed by atoms with E-state index in [1.54, 1.807) is 0 Å². The van der Waals surface area contributed by atoms with Crippen molar-refractivity contribution in [3.8, 4) is 0 Å². The number of benzene rings is 1. The Labute approximate surface area is 109 Å². The molecular weight excluding hydrogens is 220 g/mol. The van der Waals surface area contributed by atoms with Gasteiger partial charge in [0.05, 0.1) is 0 Å². The Hall–Kier alpha value is -1.28. The van der Waals surface area contributed by atoms with E-state index in [4.69, 9.17) is 0 Å². The monoisotopic (exact) mass is 242 g/mol. The van der Waals surface area contributed by atoms with Gasteiger partial charge >= 0.3 is 0 Å². The van der Waals surface area contributed by atoms with E-state index in [9.17, 15) is 0 Å². The molecule has 2 atom stereocenters. The number of aromatic amines is 1. The van der Waals surface area contributed by atoms with Gasteiger partial charge in [-0.25, -0.2) is 0 Å². The second kappa shape index (κ2) is 5.15. The van der Waals surface area contributed by atoms with E-state index in [2.05, 4.69) is 41.5 Å². The Morgan fingerprint density at radius 3 is 3.06 bits per heavy atom. The molecule has 2 aromatic rings. The maximum Gasteiger partial charge on any atom is 0.0457 e. The van der Waals surface area contributed by atoms with Crippen LogP contribution in [0.5, 0.6) is 0 Å². The summed E-state index contributed by atoms with van der Waals surface area (Å²) in [5.74, 6) is 1.83. The van der Waals surface area contributed by atoms with Gasteiger partial charge in [-0.05, 0) is 54.3 Å². The smallest absolute Gasteiger partial charge is 0.0457 e. The highest BCUT2D eigenvalue weighted by Gasteiger charge is 2.20. The van der Waals surface area contributed by atoms with Gasteiger partial charge in [0.15, 0.2) is 0 Å². The zero-order chi connectivity index (χ0) is 12.4. The molecule has 3 rings (SSSR count). The fourth-order valence-corrected chi connectivity index (χ4v) is 3.14. The molecule has 1 heterocycles. The molecule has 0 bridgehead atoms. The van der Waals surface area contributed by atoms with E-state index in [-0.39, 0.29) is 0 Å². The summed E-state index contributed by atoms with van der Waals surface area (Å²) >= 11 is 0. The summed E-state index contributed by atoms with van der Waals surface area (Å²) in [6.45, 7) is 4.53. The van der Waals surface area contributed by atoms with Crippen LogP contribution < -0.4 is 5.32 Å². The first kappa shape index (κ1) is 11.8. The number of aromatic nitrogens is 1. The number of H-pyrrole nitrogens is 1. The summed E-state index contributed by atoms with van der Waals surface area (Å²) in [6.07, 6.45) is 6.23. The summed E-state index contributed by atoms with van der Waals surface area (Å²) in [4.78, 5) is 3.27. The third kappa shape index (κ3) is 2.59. The zero-order valence-electron chi connectivity index (χ0n) is 11.1. The molecular formula is C16H22N2. The minimum absolute atomic E-state index is 0.897. The van der Waals surface area contributed by atoms with Crippen LogP contribution in [0.4, 0.5) is 0 Å². The van der Waals surface area contributed by atoms with E-state index in [1.807, 2.05) is 6.20 Å². The van der Waals surface area contributed by atoms with Gasteiger partial charge in [0.1, 0.15) is 0 Å². The Kier molecular flexibility index (Phi) is 3.37. The number of nitrogens with one attached hydrogen (secondary N) is 2. The molecule has 2 nitrogen and oxygen atoms in total. The molecule has 0 radical (unpaired) electrons. The summed E-state index contributed by atoms with van der Waals surface area (Å²) in [6, 6.07) is 8.78. The highest BCUT2D eigenvalue weighted by molar-refractivity contribution is 5.79. The lowest BCUT2D eigenvalue weighted by atomic mass is 10.1. The molecule has 2 heteroatoms. The lowest BCUT2D eigenvalue weighted by Gasteiger charge is -2.11. The maximum absolute atomic E-state index is 3.61. The van der Waals surface area contributed by atoms with Crippen LogP contribution in [0.25, 0.3) is 10.9 Å². The van der Waals surface area contributed by atoms with Gasteiger partial charge in [-0.3, -0.25) is 0 Å². The zero-order valence-corrected chi connectivity index (χ0v) is 11.1. The van der Waals surface area contributed by atoms with Crippen molar-refractivity contribution in [2.24, 2.45) is 11.8 Å². The molecule has 2 N–H and O–H groups in total. The maximum atomic E-state index is 3.61. The van der Waals surface area contributed by atoms with E-state index in [1.165, 1.54) is 42.3 Å². The lowest BCUT2D eigenvalue weighted by Crippen LogP contribution is -2.20. The number of hydrogen-bond donors (Lipinski definition) is 2. The van der Waals surface area contributed by atoms with Crippen LogP contribution in [0.1, 0.15) is 31.7 Å². The molecule has 1 aromatic heterocycles. The van der Waals surface area contributed by atoms with Crippen molar-refractivity contribution in [2.45, 2.75) is 32.7 Å². The van der Waals surface area contributed by atoms with E-state index < -0.39 is 0 Å². The summed E-state index contributed by atoms with van der Waals surface area (Å²) in [7, 11) is 0. The van der Waals surface area contributed by atoms with Crippen LogP contribution >= 0.6 is 0 Å². The number of hydrogen-bond acceptors (Lipinski definition) is 1. The van der Waals surface area contributed by atoms with Gasteiger partial charge in [0.25, 0.3) is 0 Å². The predicted octanol–water partition coefficient (Wildman–Crippen LogP) is 3.69. The second-order valence-electron chi connectivity index (χ2n) is 5.81. The van der Waals surface area contributed by atoms with Crippen LogP contribution in [0.15, 0.2) is 30.5 Å². The first-order valence-electron chi connectivity index (χ1n) is 7.08. The van der Waals surface area contributed by atoms with Crippen molar-refractivity contribution in [1.29, 1.82) is 0 Å². The molecule has 1 aliphatic rings. The average Bonchev–Trinajstić information content (AvgIpc) is 2.97. The predicted molar refractivity (Wildman–Crippen MR) is 76.5 cm³/mol. The van der Waals surface area contributed by atoms with Gasteiger partial charge < -0.3 is 10.3 Å². The van der Waals surface area contributed by atoms with Crippen molar-refractivity contribution < 1.29 is 0 Å². The normalized spacial score (nSPS) is 23.8. The van der Waals surface area contributed by atoms with Crippen molar-refractivity contribution >= 4 is 10.9 Å². The molecule has 1 fully saturated rings. The van der Waals surface area contributed by atoms with Gasteiger partial charge in [0, 0.05) is 18.3 Å². The molecule has 0 spiro atoms. The minimum Gasteiger partial charge on any atom is -0.361 e. The highest BCUT2D eigenvalue weighted by Crippen LogP contribution is 2.29. The van der Waals surface area contributed by atoms with Crippen LogP contribution in [0.3, 0.4) is 0 Å². The Morgan fingerprint density at radius 2 is 2.22 bits per heavy atom. The van der Waals surface area contributed by atoms with Gasteiger partial charge in [-0.2, -0.15) is 0 Å². The quantitative estimate of drug-likeness (QED) is 0.840. The molecule has 0 aliphatic heterocycles. The third-order valence-corrected chi connectivity index (χ3v) is 4.18. The SMILES string of the molecule is CC1CCC(CNCc2ccc3cc[nH]c3c2)C1. The standard InChI is InChI=1S/C16H22N2/c1-12-2-3-13(8-12)10-17-11-14-4-5-15-6-7-18-16(15)9-14/h4-7,9,12-13,17-18H,2-3,8,10-11H2,1H3. The topological polar surface area (TPSA) is 27.8 Å². The van der Waals surface area contributed by atoms with Crippen LogP contribution in [-0.4, -0.2) is 11.5 Å². The molecule has 1 aliphatic carbocycles. The van der Waals surface area contributed by atoms with Gasteiger partial charge in [-0.15, -0.1) is 0 Å². The van der Waals surface area contributed by atoms with Crippen LogP contribution in [-0.2, 0) is 6.54 Å². The number of rotatable bonds is 4. The summed E-state index contributed by atoms with van der Waals surface area (Å²) in [5.41, 5.74) is 2.61. The summed E-state index contributed by atoms with van der Waals surface area (Å²) < 4.78 is 0. The third-order valence-electron chi connectivity index (χ3n) is 4.18. The van der Waals surface area contributed by atoms with Crippen molar-refractivity contribution in [1.82, 2.24) is 10.3 Å². The van der Waals surface area contributed by atoms with E-state index in [0.29, 0.717) is 0 Å². The molecule has 96 valence electrons. The summed E-state index contributed by atoms with van der Waals surface area (Å²) in [5, 5.41) is 4.90. The Morgan fingerprint density at radius 1 is 1.28 bits per heavy atom. The largest absolute Gasteiger partial charge is 0.361 e. The number of fused-ring (bicyclic) bond motifs is 1. The second-order valence-corrected chi connectivity index (χ2v) is 5.81. The van der Waals surface area contributed by atoms with E-state index >= 15 is 0 Å². The van der Waals surface area contributed by atoms with Crippen molar-refractivity contribution in [2.75, 3.05) is 6.54 Å². The molecule has 18 heavy (non-hydrogen) atoms. The van der Waals surface area contributed by atoms with Gasteiger partial charge in [-0.1, -0.05) is 25.5 Å². The van der Waals surface area contributed by atoms with E-state index in [0.717, 1.165) is 18.4 Å². The highest BCUT2D eigenvalue weighted by atomic mass is 14.9. The Bertz CT molecular complexity index is 515. The van der Waals surface area contributed by atoms with Gasteiger partial charge in [0.2, 0.25) is 0 Å². The molecule has 1 saturated carbocycles. The molecule has 1 aromatic carbocycles. The van der Waals surface area contributed by atoms with Crippen LogP contribution in [0.2, 0.25) is 0 Å². The minimum atomic E-state index is 0.897.